The van der Waals surface area contributed by atoms with Crippen LogP contribution in [0.5, 0.6) is 5.75 Å². The minimum Gasteiger partial charge on any atom is -0.484 e. The molecule has 0 spiro atoms. The molecular weight excluding hydrogens is 512 g/mol. The van der Waals surface area contributed by atoms with Crippen molar-refractivity contribution in [1.29, 1.82) is 0 Å². The highest BCUT2D eigenvalue weighted by Gasteiger charge is 2.39. The fourth-order valence-corrected chi connectivity index (χ4v) is 6.30. The molecular formula is C31H39N2O5S+. The van der Waals surface area contributed by atoms with Gasteiger partial charge in [-0.2, -0.15) is 0 Å². The Labute approximate surface area is 235 Å². The summed E-state index contributed by atoms with van der Waals surface area (Å²) in [4.78, 5) is 29.2. The zero-order valence-corrected chi connectivity index (χ0v) is 24.3. The van der Waals surface area contributed by atoms with Gasteiger partial charge in [0.05, 0.1) is 16.7 Å². The summed E-state index contributed by atoms with van der Waals surface area (Å²) in [5.41, 5.74) is 1.53. The standard InChI is InChI=1S/C31H38N2O5S/c1-20-8-13-26(21(2)17-20)29(34)33(27-18-25(14-15-31(3,4)5)39-28(27)30(35)36)22-9-11-23(12-10-22)38-24-7-6-16-32(37)19-24/h6-8,16,18-19,21-23,26H,9-13,17H2,1-5H3,(H-,35,36,37)/p+1/t21-,22?,23?,26-/m0/s1. The minimum atomic E-state index is -1.04. The third-order valence-electron chi connectivity index (χ3n) is 7.40. The predicted molar refractivity (Wildman–Crippen MR) is 151 cm³/mol. The van der Waals surface area contributed by atoms with E-state index in [1.807, 2.05) is 20.8 Å². The Bertz CT molecular complexity index is 1300. The van der Waals surface area contributed by atoms with Gasteiger partial charge in [0, 0.05) is 28.2 Å². The fraction of sp³-hybridized carbons (Fsp3) is 0.516. The Morgan fingerprint density at radius 3 is 2.54 bits per heavy atom. The van der Waals surface area contributed by atoms with Crippen molar-refractivity contribution < 1.29 is 29.4 Å². The highest BCUT2D eigenvalue weighted by Crippen LogP contribution is 2.39. The molecule has 0 aromatic carbocycles. The number of amides is 1. The van der Waals surface area contributed by atoms with Crippen LogP contribution in [0.4, 0.5) is 5.69 Å². The maximum absolute atomic E-state index is 14.2. The maximum Gasteiger partial charge on any atom is 0.348 e. The lowest BCUT2D eigenvalue weighted by Gasteiger charge is -2.40. The number of rotatable bonds is 6. The third-order valence-corrected chi connectivity index (χ3v) is 8.43. The van der Waals surface area contributed by atoms with Crippen LogP contribution in [-0.2, 0) is 4.79 Å². The highest BCUT2D eigenvalue weighted by atomic mass is 32.1. The second kappa shape index (κ2) is 11.8. The molecule has 2 atom stereocenters. The van der Waals surface area contributed by atoms with Crippen molar-refractivity contribution in [3.05, 3.63) is 52.0 Å². The molecule has 7 nitrogen and oxygen atoms in total. The Hall–Kier alpha value is -3.31. The number of anilines is 1. The molecule has 8 heteroatoms. The van der Waals surface area contributed by atoms with Gasteiger partial charge < -0.3 is 14.7 Å². The zero-order valence-electron chi connectivity index (χ0n) is 23.4. The van der Waals surface area contributed by atoms with Crippen LogP contribution in [0.15, 0.2) is 42.2 Å². The Morgan fingerprint density at radius 2 is 1.92 bits per heavy atom. The van der Waals surface area contributed by atoms with E-state index in [9.17, 15) is 19.9 Å². The SMILES string of the molecule is CC1=CC[C@H](C(=O)N(c2cc(C#CC(C)(C)C)sc2C(=O)O)C2CCC(Oc3ccc[n+](O)c3)CC2)[C@@H](C)C1. The normalized spacial score (nSPS) is 23.3. The van der Waals surface area contributed by atoms with Crippen molar-refractivity contribution in [2.45, 2.75) is 85.3 Å². The number of thiophene rings is 1. The van der Waals surface area contributed by atoms with Gasteiger partial charge in [-0.1, -0.05) is 30.4 Å². The molecule has 0 saturated heterocycles. The number of carbonyl (C=O) groups is 2. The summed E-state index contributed by atoms with van der Waals surface area (Å²) in [5, 5.41) is 19.8. The highest BCUT2D eigenvalue weighted by molar-refractivity contribution is 7.15. The molecule has 2 heterocycles. The van der Waals surface area contributed by atoms with Gasteiger partial charge >= 0.3 is 5.97 Å². The first-order chi connectivity index (χ1) is 18.4. The summed E-state index contributed by atoms with van der Waals surface area (Å²) in [6.45, 7) is 10.2. The summed E-state index contributed by atoms with van der Waals surface area (Å²) >= 11 is 1.14. The minimum absolute atomic E-state index is 0.00405. The molecule has 4 rings (SSSR count). The first-order valence-corrected chi connectivity index (χ1v) is 14.5. The number of aromatic nitrogens is 1. The average molecular weight is 552 g/mol. The second-order valence-corrected chi connectivity index (χ2v) is 12.9. The second-order valence-electron chi connectivity index (χ2n) is 11.9. The number of carbonyl (C=O) groups excluding carboxylic acids is 1. The number of hydrogen-bond donors (Lipinski definition) is 2. The van der Waals surface area contributed by atoms with E-state index >= 15 is 0 Å². The van der Waals surface area contributed by atoms with Gasteiger partial charge in [0.1, 0.15) is 4.88 Å². The van der Waals surface area contributed by atoms with Crippen molar-refractivity contribution in [2.75, 3.05) is 4.90 Å². The lowest BCUT2D eigenvalue weighted by Crippen LogP contribution is -2.48. The van der Waals surface area contributed by atoms with Crippen LogP contribution in [0.2, 0.25) is 0 Å². The van der Waals surface area contributed by atoms with E-state index in [0.717, 1.165) is 35.3 Å². The third kappa shape index (κ3) is 7.21. The van der Waals surface area contributed by atoms with Crippen molar-refractivity contribution in [2.24, 2.45) is 17.3 Å². The van der Waals surface area contributed by atoms with Gasteiger partial charge in [0.15, 0.2) is 5.75 Å². The molecule has 0 bridgehead atoms. The lowest BCUT2D eigenvalue weighted by atomic mass is 9.79. The number of carboxylic acid groups (broad SMARTS) is 1. The smallest absolute Gasteiger partial charge is 0.348 e. The molecule has 0 unspecified atom stereocenters. The summed E-state index contributed by atoms with van der Waals surface area (Å²) in [5.74, 6) is 5.87. The maximum atomic E-state index is 14.2. The van der Waals surface area contributed by atoms with E-state index in [2.05, 4.69) is 31.8 Å². The number of nitrogens with zero attached hydrogens (tertiary/aromatic N) is 2. The Kier molecular flexibility index (Phi) is 8.70. The molecule has 0 radical (unpaired) electrons. The Balaban J connectivity index is 1.64. The van der Waals surface area contributed by atoms with E-state index in [4.69, 9.17) is 4.74 Å². The predicted octanol–water partition coefficient (Wildman–Crippen LogP) is 6.08. The van der Waals surface area contributed by atoms with E-state index < -0.39 is 5.97 Å². The van der Waals surface area contributed by atoms with Gasteiger partial charge in [-0.3, -0.25) is 10.0 Å². The molecule has 39 heavy (non-hydrogen) atoms. The zero-order chi connectivity index (χ0) is 28.3. The number of hydrogen-bond acceptors (Lipinski definition) is 5. The van der Waals surface area contributed by atoms with Crippen LogP contribution in [0, 0.1) is 29.1 Å². The van der Waals surface area contributed by atoms with Crippen LogP contribution in [0.3, 0.4) is 0 Å². The van der Waals surface area contributed by atoms with Crippen molar-refractivity contribution in [3.63, 3.8) is 0 Å². The molecule has 2 N–H and O–H groups in total. The van der Waals surface area contributed by atoms with Crippen LogP contribution in [-0.4, -0.2) is 34.3 Å². The fourth-order valence-electron chi connectivity index (χ4n) is 5.46. The molecule has 2 aromatic heterocycles. The first kappa shape index (κ1) is 28.7. The number of aromatic carboxylic acids is 1. The van der Waals surface area contributed by atoms with E-state index in [0.29, 0.717) is 35.6 Å². The van der Waals surface area contributed by atoms with Crippen LogP contribution in [0.1, 0.15) is 87.7 Å². The molecule has 2 aliphatic rings. The Morgan fingerprint density at radius 1 is 1.21 bits per heavy atom. The van der Waals surface area contributed by atoms with Gasteiger partial charge in [-0.05, 0) is 84.3 Å². The summed E-state index contributed by atoms with van der Waals surface area (Å²) < 4.78 is 7.07. The largest absolute Gasteiger partial charge is 0.484 e. The lowest BCUT2D eigenvalue weighted by molar-refractivity contribution is -0.905. The molecule has 2 aromatic rings. The average Bonchev–Trinajstić information content (AvgIpc) is 3.28. The molecule has 0 aliphatic heterocycles. The van der Waals surface area contributed by atoms with Crippen LogP contribution < -0.4 is 14.4 Å². The summed E-state index contributed by atoms with van der Waals surface area (Å²) in [6.07, 6.45) is 9.49. The van der Waals surface area contributed by atoms with Crippen molar-refractivity contribution in [1.82, 2.24) is 0 Å². The number of ether oxygens (including phenoxy) is 1. The van der Waals surface area contributed by atoms with Crippen molar-refractivity contribution in [3.8, 4) is 17.6 Å². The molecule has 1 fully saturated rings. The van der Waals surface area contributed by atoms with Gasteiger partial charge in [0.2, 0.25) is 12.1 Å². The monoisotopic (exact) mass is 551 g/mol. The van der Waals surface area contributed by atoms with Gasteiger partial charge in [-0.25, -0.2) is 4.79 Å². The van der Waals surface area contributed by atoms with Crippen LogP contribution >= 0.6 is 11.3 Å². The first-order valence-electron chi connectivity index (χ1n) is 13.7. The number of carboxylic acids is 1. The van der Waals surface area contributed by atoms with E-state index in [1.165, 1.54) is 18.0 Å². The van der Waals surface area contributed by atoms with Crippen LogP contribution in [0.25, 0.3) is 0 Å². The molecule has 1 amide bonds. The molecule has 2 aliphatic carbocycles. The van der Waals surface area contributed by atoms with Gasteiger partial charge in [-0.15, -0.1) is 11.3 Å². The molecule has 1 saturated carbocycles. The molecule has 208 valence electrons. The van der Waals surface area contributed by atoms with Gasteiger partial charge in [0.25, 0.3) is 6.20 Å². The quantitative estimate of drug-likeness (QED) is 0.196. The van der Waals surface area contributed by atoms with E-state index in [-0.39, 0.29) is 40.2 Å². The van der Waals surface area contributed by atoms with Crippen molar-refractivity contribution >= 4 is 28.9 Å². The van der Waals surface area contributed by atoms with E-state index in [1.54, 1.807) is 23.1 Å². The summed E-state index contributed by atoms with van der Waals surface area (Å²) in [6, 6.07) is 5.18. The number of allylic oxidation sites excluding steroid dienone is 2. The topological polar surface area (TPSA) is 91.0 Å². The summed E-state index contributed by atoms with van der Waals surface area (Å²) in [7, 11) is 0. The number of pyridine rings is 1.